The third-order valence-electron chi connectivity index (χ3n) is 4.99. The zero-order valence-corrected chi connectivity index (χ0v) is 17.5. The van der Waals surface area contributed by atoms with Gasteiger partial charge in [-0.25, -0.2) is 0 Å². The second kappa shape index (κ2) is 15.7. The molecule has 1 aromatic rings. The first kappa shape index (κ1) is 23.7. The third kappa shape index (κ3) is 11.2. The lowest BCUT2D eigenvalue weighted by Crippen LogP contribution is -2.30. The molecule has 154 valence electrons. The minimum Gasteiger partial charge on any atom is -0.493 e. The highest BCUT2D eigenvalue weighted by Crippen LogP contribution is 2.17. The van der Waals surface area contributed by atoms with E-state index < -0.39 is 6.10 Å². The van der Waals surface area contributed by atoms with Crippen LogP contribution in [0.2, 0.25) is 0 Å². The molecule has 1 aromatic carbocycles. The molecule has 2 atom stereocenters. The number of hydrogen-bond donors (Lipinski definition) is 1. The highest BCUT2D eigenvalue weighted by atomic mass is 16.5. The van der Waals surface area contributed by atoms with Crippen LogP contribution in [0, 0.1) is 5.92 Å². The molecular weight excluding hydrogens is 336 g/mol. The summed E-state index contributed by atoms with van der Waals surface area (Å²) in [5, 5.41) is 10.1. The molecule has 1 N–H and O–H groups in total. The quantitative estimate of drug-likeness (QED) is 0.270. The number of rotatable bonds is 17. The highest BCUT2D eigenvalue weighted by Gasteiger charge is 2.18. The summed E-state index contributed by atoms with van der Waals surface area (Å²) >= 11 is 0. The Balaban J connectivity index is 2.30. The van der Waals surface area contributed by atoms with Crippen molar-refractivity contribution in [3.05, 3.63) is 42.5 Å². The Morgan fingerprint density at radius 2 is 1.63 bits per heavy atom. The maximum atomic E-state index is 10.1. The molecule has 0 aliphatic rings. The molecule has 0 spiro atoms. The molecule has 0 bridgehead atoms. The molecule has 0 aromatic heterocycles. The van der Waals surface area contributed by atoms with Gasteiger partial charge in [-0.05, 0) is 37.0 Å². The molecule has 0 heterocycles. The van der Waals surface area contributed by atoms with Crippen LogP contribution in [0.5, 0.6) is 5.75 Å². The second-order valence-electron chi connectivity index (χ2n) is 7.39. The zero-order valence-electron chi connectivity index (χ0n) is 17.5. The first-order valence-corrected chi connectivity index (χ1v) is 10.8. The summed E-state index contributed by atoms with van der Waals surface area (Å²) in [6.45, 7) is 9.33. The minimum absolute atomic E-state index is 0.0256. The molecule has 0 aliphatic carbocycles. The van der Waals surface area contributed by atoms with Crippen LogP contribution in [0.4, 0.5) is 0 Å². The Morgan fingerprint density at radius 1 is 0.963 bits per heavy atom. The van der Waals surface area contributed by atoms with E-state index >= 15 is 0 Å². The Hall–Kier alpha value is -1.32. The third-order valence-corrected chi connectivity index (χ3v) is 4.99. The number of unbranched alkanes of at least 4 members (excludes halogenated alkanes) is 6. The molecule has 0 radical (unpaired) electrons. The molecule has 3 nitrogen and oxygen atoms in total. The molecule has 1 rings (SSSR count). The van der Waals surface area contributed by atoms with Gasteiger partial charge in [-0.1, -0.05) is 70.6 Å². The van der Waals surface area contributed by atoms with Gasteiger partial charge in [-0.3, -0.25) is 0 Å². The van der Waals surface area contributed by atoms with Gasteiger partial charge in [-0.2, -0.15) is 0 Å². The molecule has 0 saturated heterocycles. The molecule has 3 heteroatoms. The summed E-state index contributed by atoms with van der Waals surface area (Å²) in [6.07, 6.45) is 12.5. The van der Waals surface area contributed by atoms with E-state index in [4.69, 9.17) is 9.47 Å². The molecule has 0 amide bonds. The monoisotopic (exact) mass is 376 g/mol. The summed E-state index contributed by atoms with van der Waals surface area (Å²) in [6, 6.07) is 8.39. The molecule has 27 heavy (non-hydrogen) atoms. The maximum Gasteiger partial charge on any atom is 0.119 e. The highest BCUT2D eigenvalue weighted by molar-refractivity contribution is 5.27. The van der Waals surface area contributed by atoms with Crippen molar-refractivity contribution in [3.8, 4) is 5.75 Å². The van der Waals surface area contributed by atoms with Crippen LogP contribution in [0.1, 0.15) is 70.8 Å². The Bertz CT molecular complexity index is 469. The summed E-state index contributed by atoms with van der Waals surface area (Å²) in [7, 11) is 0. The van der Waals surface area contributed by atoms with Gasteiger partial charge in [-0.15, -0.1) is 6.58 Å². The van der Waals surface area contributed by atoms with Crippen molar-refractivity contribution in [2.45, 2.75) is 77.7 Å². The molecule has 0 fully saturated rings. The summed E-state index contributed by atoms with van der Waals surface area (Å²) < 4.78 is 11.4. The average Bonchev–Trinajstić information content (AvgIpc) is 2.70. The van der Waals surface area contributed by atoms with Crippen molar-refractivity contribution in [1.29, 1.82) is 0 Å². The number of benzene rings is 1. The van der Waals surface area contributed by atoms with E-state index in [2.05, 4.69) is 25.6 Å². The number of ether oxygens (including phenoxy) is 2. The van der Waals surface area contributed by atoms with Crippen LogP contribution in [-0.2, 0) is 11.2 Å². The van der Waals surface area contributed by atoms with Crippen LogP contribution < -0.4 is 4.74 Å². The lowest BCUT2D eigenvalue weighted by molar-refractivity contribution is 0.0124. The van der Waals surface area contributed by atoms with Crippen molar-refractivity contribution in [3.63, 3.8) is 0 Å². The maximum absolute atomic E-state index is 10.1. The predicted octanol–water partition coefficient (Wildman–Crippen LogP) is 5.95. The number of hydrogen-bond acceptors (Lipinski definition) is 3. The van der Waals surface area contributed by atoms with Crippen LogP contribution in [0.3, 0.4) is 0 Å². The lowest BCUT2D eigenvalue weighted by Gasteiger charge is -2.22. The van der Waals surface area contributed by atoms with Gasteiger partial charge in [0.05, 0.1) is 25.9 Å². The van der Waals surface area contributed by atoms with Gasteiger partial charge in [0, 0.05) is 5.92 Å². The fourth-order valence-electron chi connectivity index (χ4n) is 3.15. The van der Waals surface area contributed by atoms with E-state index in [1.54, 1.807) is 6.08 Å². The van der Waals surface area contributed by atoms with Gasteiger partial charge in [0.15, 0.2) is 0 Å². The van der Waals surface area contributed by atoms with Crippen molar-refractivity contribution in [1.82, 2.24) is 0 Å². The lowest BCUT2D eigenvalue weighted by atomic mass is 10.0. The van der Waals surface area contributed by atoms with E-state index in [0.717, 1.165) is 12.2 Å². The van der Waals surface area contributed by atoms with E-state index in [0.29, 0.717) is 26.2 Å². The topological polar surface area (TPSA) is 38.7 Å². The molecule has 0 aliphatic heterocycles. The number of aryl methyl sites for hydroxylation is 1. The largest absolute Gasteiger partial charge is 0.493 e. The van der Waals surface area contributed by atoms with Crippen LogP contribution in [-0.4, -0.2) is 31.0 Å². The van der Waals surface area contributed by atoms with Crippen LogP contribution >= 0.6 is 0 Å². The van der Waals surface area contributed by atoms with Gasteiger partial charge in [0.25, 0.3) is 0 Å². The van der Waals surface area contributed by atoms with E-state index in [-0.39, 0.29) is 5.92 Å². The fraction of sp³-hybridized carbons (Fsp3) is 0.667. The number of aliphatic hydroxyl groups excluding tert-OH is 1. The first-order chi connectivity index (χ1) is 13.2. The normalized spacial score (nSPS) is 13.3. The van der Waals surface area contributed by atoms with Crippen molar-refractivity contribution >= 4 is 0 Å². The zero-order chi connectivity index (χ0) is 19.7. The Kier molecular flexibility index (Phi) is 13.8. The summed E-state index contributed by atoms with van der Waals surface area (Å²) in [5.74, 6) is 0.831. The van der Waals surface area contributed by atoms with Crippen molar-refractivity contribution in [2.24, 2.45) is 5.92 Å². The standard InChI is InChI=1S/C24H40O3/c1-4-7-8-9-10-11-12-13-21-14-16-23(17-15-21)27-20-22(24(25)6-3)19-26-18-5-2/h5,14-17,22,24-25H,2,4,6-13,18-20H2,1,3H3. The summed E-state index contributed by atoms with van der Waals surface area (Å²) in [4.78, 5) is 0. The Labute approximate surface area is 166 Å². The fourth-order valence-corrected chi connectivity index (χ4v) is 3.15. The van der Waals surface area contributed by atoms with Crippen LogP contribution in [0.15, 0.2) is 36.9 Å². The first-order valence-electron chi connectivity index (χ1n) is 10.8. The van der Waals surface area contributed by atoms with E-state index in [1.165, 1.54) is 50.5 Å². The van der Waals surface area contributed by atoms with Gasteiger partial charge >= 0.3 is 0 Å². The van der Waals surface area contributed by atoms with E-state index in [9.17, 15) is 5.11 Å². The molecule has 2 unspecified atom stereocenters. The summed E-state index contributed by atoms with van der Waals surface area (Å²) in [5.41, 5.74) is 1.37. The van der Waals surface area contributed by atoms with Crippen LogP contribution in [0.25, 0.3) is 0 Å². The van der Waals surface area contributed by atoms with Gasteiger partial charge in [0.1, 0.15) is 5.75 Å². The van der Waals surface area contributed by atoms with Gasteiger partial charge < -0.3 is 14.6 Å². The number of aliphatic hydroxyl groups is 1. The SMILES string of the molecule is C=CCOCC(COc1ccc(CCCCCCCCC)cc1)C(O)CC. The molecule has 0 saturated carbocycles. The van der Waals surface area contributed by atoms with Crippen molar-refractivity contribution < 1.29 is 14.6 Å². The second-order valence-corrected chi connectivity index (χ2v) is 7.39. The minimum atomic E-state index is -0.411. The average molecular weight is 377 g/mol. The smallest absolute Gasteiger partial charge is 0.119 e. The van der Waals surface area contributed by atoms with Gasteiger partial charge in [0.2, 0.25) is 0 Å². The van der Waals surface area contributed by atoms with Crippen molar-refractivity contribution in [2.75, 3.05) is 19.8 Å². The predicted molar refractivity (Wildman–Crippen MR) is 114 cm³/mol. The molecular formula is C24H40O3. The Morgan fingerprint density at radius 3 is 2.26 bits per heavy atom. The van der Waals surface area contributed by atoms with E-state index in [1.807, 2.05) is 19.1 Å².